The van der Waals surface area contributed by atoms with E-state index in [0.29, 0.717) is 6.54 Å². The molecular weight excluding hydrogens is 366 g/mol. The summed E-state index contributed by atoms with van der Waals surface area (Å²) in [6, 6.07) is 16.2. The van der Waals surface area contributed by atoms with E-state index in [9.17, 15) is 4.79 Å². The molecule has 2 aromatic rings. The van der Waals surface area contributed by atoms with Crippen molar-refractivity contribution in [3.63, 3.8) is 0 Å². The van der Waals surface area contributed by atoms with E-state index in [4.69, 9.17) is 9.47 Å². The Morgan fingerprint density at radius 2 is 1.66 bits per heavy atom. The lowest BCUT2D eigenvalue weighted by atomic mass is 10.1. The van der Waals surface area contributed by atoms with E-state index >= 15 is 0 Å². The van der Waals surface area contributed by atoms with Crippen LogP contribution in [0, 0.1) is 0 Å². The molecule has 0 aromatic heterocycles. The molecule has 1 amide bonds. The van der Waals surface area contributed by atoms with Crippen molar-refractivity contribution in [3.05, 3.63) is 59.7 Å². The monoisotopic (exact) mass is 399 g/mol. The Morgan fingerprint density at radius 3 is 2.31 bits per heavy atom. The van der Waals surface area contributed by atoms with E-state index in [1.54, 1.807) is 14.2 Å². The summed E-state index contributed by atoms with van der Waals surface area (Å²) in [6.45, 7) is 7.70. The molecule has 1 atom stereocenters. The van der Waals surface area contributed by atoms with Crippen LogP contribution in [-0.4, -0.2) is 52.3 Å². The van der Waals surface area contributed by atoms with Gasteiger partial charge in [0, 0.05) is 12.1 Å². The van der Waals surface area contributed by atoms with Crippen molar-refractivity contribution in [2.24, 2.45) is 0 Å². The summed E-state index contributed by atoms with van der Waals surface area (Å²) in [7, 11) is 3.32. The van der Waals surface area contributed by atoms with Crippen LogP contribution >= 0.6 is 0 Å². The second-order valence-corrected chi connectivity index (χ2v) is 7.70. The van der Waals surface area contributed by atoms with Crippen LogP contribution in [0.4, 0.5) is 0 Å². The smallest absolute Gasteiger partial charge is 0.278 e. The summed E-state index contributed by atoms with van der Waals surface area (Å²) in [5, 5.41) is 3.08. The third kappa shape index (κ3) is 5.71. The average molecular weight is 400 g/mol. The van der Waals surface area contributed by atoms with Gasteiger partial charge in [-0.3, -0.25) is 4.79 Å². The van der Waals surface area contributed by atoms with Crippen molar-refractivity contribution in [2.75, 3.05) is 40.4 Å². The lowest BCUT2D eigenvalue weighted by molar-refractivity contribution is -1.02. The number of quaternary nitrogens is 2. The molecule has 1 aliphatic heterocycles. The molecule has 156 valence electrons. The Hall–Kier alpha value is -2.57. The van der Waals surface area contributed by atoms with Crippen LogP contribution in [0.5, 0.6) is 11.5 Å². The minimum atomic E-state index is -0.0265. The number of benzene rings is 2. The van der Waals surface area contributed by atoms with Crippen LogP contribution in [0.15, 0.2) is 48.5 Å². The summed E-state index contributed by atoms with van der Waals surface area (Å²) in [6.07, 6.45) is 0. The van der Waals surface area contributed by atoms with Crippen LogP contribution in [0.3, 0.4) is 0 Å². The van der Waals surface area contributed by atoms with Crippen LogP contribution < -0.4 is 24.6 Å². The van der Waals surface area contributed by atoms with Gasteiger partial charge in [-0.25, -0.2) is 0 Å². The number of nitrogens with one attached hydrogen (secondary N) is 3. The maximum atomic E-state index is 12.6. The molecule has 3 rings (SSSR count). The maximum absolute atomic E-state index is 12.6. The molecule has 1 aliphatic rings. The number of ether oxygens (including phenoxy) is 2. The maximum Gasteiger partial charge on any atom is 0.278 e. The lowest BCUT2D eigenvalue weighted by Gasteiger charge is -2.32. The van der Waals surface area contributed by atoms with Gasteiger partial charge in [-0.1, -0.05) is 30.3 Å². The minimum Gasteiger partial charge on any atom is -0.493 e. The van der Waals surface area contributed by atoms with Crippen molar-refractivity contribution in [1.82, 2.24) is 5.32 Å². The number of hydrogen-bond acceptors (Lipinski definition) is 3. The summed E-state index contributed by atoms with van der Waals surface area (Å²) < 4.78 is 10.7. The van der Waals surface area contributed by atoms with Crippen molar-refractivity contribution >= 4 is 5.91 Å². The molecule has 0 radical (unpaired) electrons. The first-order valence-electron chi connectivity index (χ1n) is 10.3. The van der Waals surface area contributed by atoms with E-state index in [1.807, 2.05) is 43.3 Å². The third-order valence-corrected chi connectivity index (χ3v) is 5.82. The predicted molar refractivity (Wildman–Crippen MR) is 112 cm³/mol. The highest BCUT2D eigenvalue weighted by molar-refractivity contribution is 5.79. The highest BCUT2D eigenvalue weighted by atomic mass is 16.5. The van der Waals surface area contributed by atoms with Gasteiger partial charge in [-0.2, -0.15) is 0 Å². The van der Waals surface area contributed by atoms with Gasteiger partial charge in [0.1, 0.15) is 32.7 Å². The molecule has 0 unspecified atom stereocenters. The molecule has 6 heteroatoms. The molecule has 1 fully saturated rings. The van der Waals surface area contributed by atoms with Crippen molar-refractivity contribution in [2.45, 2.75) is 26.1 Å². The van der Waals surface area contributed by atoms with E-state index in [-0.39, 0.29) is 11.9 Å². The van der Waals surface area contributed by atoms with Crippen LogP contribution in [0.25, 0.3) is 0 Å². The van der Waals surface area contributed by atoms with Gasteiger partial charge in [0.2, 0.25) is 0 Å². The number of carbonyl (C=O) groups excluding carboxylic acids is 1. The molecule has 0 saturated carbocycles. The first-order chi connectivity index (χ1) is 14.1. The zero-order chi connectivity index (χ0) is 20.6. The molecule has 1 heterocycles. The van der Waals surface area contributed by atoms with Crippen LogP contribution in [-0.2, 0) is 17.9 Å². The number of carbonyl (C=O) groups is 1. The Bertz CT molecular complexity index is 789. The molecule has 3 N–H and O–H groups in total. The SMILES string of the molecule is COc1ccc(C[NH+]2CC[NH+]([C@H](C)C(=O)NCc3ccccc3)CC2)cc1OC. The Labute approximate surface area is 173 Å². The Balaban J connectivity index is 1.46. The molecule has 0 aliphatic carbocycles. The molecule has 29 heavy (non-hydrogen) atoms. The van der Waals surface area contributed by atoms with Crippen molar-refractivity contribution in [1.29, 1.82) is 0 Å². The van der Waals surface area contributed by atoms with Crippen molar-refractivity contribution in [3.8, 4) is 11.5 Å². The van der Waals surface area contributed by atoms with E-state index in [2.05, 4.69) is 17.4 Å². The quantitative estimate of drug-likeness (QED) is 0.571. The molecule has 0 spiro atoms. The zero-order valence-electron chi connectivity index (χ0n) is 17.7. The summed E-state index contributed by atoms with van der Waals surface area (Å²) in [4.78, 5) is 15.5. The highest BCUT2D eigenvalue weighted by Gasteiger charge is 2.31. The van der Waals surface area contributed by atoms with Gasteiger partial charge >= 0.3 is 0 Å². The van der Waals surface area contributed by atoms with E-state index < -0.39 is 0 Å². The van der Waals surface area contributed by atoms with E-state index in [0.717, 1.165) is 49.8 Å². The van der Waals surface area contributed by atoms with E-state index in [1.165, 1.54) is 15.4 Å². The molecule has 2 aromatic carbocycles. The topological polar surface area (TPSA) is 56.4 Å². The normalized spacial score (nSPS) is 20.0. The van der Waals surface area contributed by atoms with Crippen LogP contribution in [0.2, 0.25) is 0 Å². The standard InChI is InChI=1S/C23H31N3O3/c1-18(23(27)24-16-19-7-5-4-6-8-19)26-13-11-25(12-14-26)17-20-9-10-21(28-2)22(15-20)29-3/h4-10,15,18H,11-14,16-17H2,1-3H3,(H,24,27)/p+2/t18-/m1/s1. The fraction of sp³-hybridized carbons (Fsp3) is 0.435. The molecule has 1 saturated heterocycles. The molecule has 6 nitrogen and oxygen atoms in total. The van der Waals surface area contributed by atoms with Gasteiger partial charge < -0.3 is 24.6 Å². The van der Waals surface area contributed by atoms with Gasteiger partial charge in [0.05, 0.1) is 14.2 Å². The number of amides is 1. The van der Waals surface area contributed by atoms with Crippen molar-refractivity contribution < 1.29 is 24.1 Å². The molecule has 0 bridgehead atoms. The summed E-state index contributed by atoms with van der Waals surface area (Å²) >= 11 is 0. The Morgan fingerprint density at radius 1 is 0.966 bits per heavy atom. The van der Waals surface area contributed by atoms with Gasteiger partial charge in [0.15, 0.2) is 17.5 Å². The van der Waals surface area contributed by atoms with Gasteiger partial charge in [-0.15, -0.1) is 0 Å². The number of rotatable bonds is 8. The zero-order valence-corrected chi connectivity index (χ0v) is 17.7. The first kappa shape index (κ1) is 21.1. The predicted octanol–water partition coefficient (Wildman–Crippen LogP) is -0.308. The van der Waals surface area contributed by atoms with Crippen LogP contribution in [0.1, 0.15) is 18.1 Å². The third-order valence-electron chi connectivity index (χ3n) is 5.82. The summed E-state index contributed by atoms with van der Waals surface area (Å²) in [5.41, 5.74) is 2.38. The second kappa shape index (κ2) is 10.3. The molecular formula is C23H33N3O3+2. The Kier molecular flexibility index (Phi) is 7.49. The lowest BCUT2D eigenvalue weighted by Crippen LogP contribution is -3.29. The largest absolute Gasteiger partial charge is 0.493 e. The van der Waals surface area contributed by atoms with Gasteiger partial charge in [-0.05, 0) is 30.7 Å². The van der Waals surface area contributed by atoms with Gasteiger partial charge in [0.25, 0.3) is 5.91 Å². The fourth-order valence-electron chi connectivity index (χ4n) is 3.94. The minimum absolute atomic E-state index is 0.0265. The number of methoxy groups -OCH3 is 2. The fourth-order valence-corrected chi connectivity index (χ4v) is 3.94. The highest BCUT2D eigenvalue weighted by Crippen LogP contribution is 2.27. The number of piperazine rings is 1. The average Bonchev–Trinajstić information content (AvgIpc) is 2.78. The first-order valence-corrected chi connectivity index (χ1v) is 10.3. The summed E-state index contributed by atoms with van der Waals surface area (Å²) in [5.74, 6) is 1.67. The second-order valence-electron chi connectivity index (χ2n) is 7.70. The number of hydrogen-bond donors (Lipinski definition) is 3.